The summed E-state index contributed by atoms with van der Waals surface area (Å²) in [5, 5.41) is 15.4. The molecule has 4 heterocycles. The van der Waals surface area contributed by atoms with Crippen molar-refractivity contribution >= 4 is 40.6 Å². The zero-order valence-corrected chi connectivity index (χ0v) is 33.8. The number of pyridine rings is 1. The molecule has 1 aromatic heterocycles. The standard InChI is InChI=1S/C42H59N3O10/c1-11-32-42(8)36(44-40(50)55-42)25(4)33(46)23(2)21-41(7,51-18-14-15-28-20-29-16-12-13-17-30(29)43-22-28)37(26(5)34(47)27(6)38(49)53-32)54-39-35(48)31(45(9)10)19-24(3)52-39/h12-17,20,22-27,31-32,35-37,39,48H,11,18-19,21H2,1-10H3,(H,44,50)/b15-14+/t23-,24+,25-,26-,27+,31-,32+,35+,36+,37+,39?,41+,42+/m0/s1. The van der Waals surface area contributed by atoms with Crippen molar-refractivity contribution in [1.82, 2.24) is 15.2 Å². The molecule has 0 aliphatic carbocycles. The monoisotopic (exact) mass is 765 g/mol. The summed E-state index contributed by atoms with van der Waals surface area (Å²) in [6.07, 6.45) is 1.12. The number of aliphatic hydroxyl groups is 1. The van der Waals surface area contributed by atoms with Crippen LogP contribution >= 0.6 is 0 Å². The van der Waals surface area contributed by atoms with Crippen molar-refractivity contribution in [3.8, 4) is 0 Å². The van der Waals surface area contributed by atoms with Crippen molar-refractivity contribution in [2.75, 3.05) is 20.7 Å². The van der Waals surface area contributed by atoms with Gasteiger partial charge in [0.15, 0.2) is 17.7 Å². The Labute approximate surface area is 324 Å². The molecule has 0 saturated carbocycles. The van der Waals surface area contributed by atoms with E-state index in [-0.39, 0.29) is 37.4 Å². The van der Waals surface area contributed by atoms with Gasteiger partial charge in [0.2, 0.25) is 0 Å². The number of carbonyl (C=O) groups is 4. The average Bonchev–Trinajstić information content (AvgIpc) is 3.47. The predicted octanol–water partition coefficient (Wildman–Crippen LogP) is 5.11. The number of ether oxygens (including phenoxy) is 5. The maximum atomic E-state index is 14.4. The molecule has 55 heavy (non-hydrogen) atoms. The number of amides is 1. The number of para-hydroxylation sites is 1. The quantitative estimate of drug-likeness (QED) is 0.270. The second kappa shape index (κ2) is 17.2. The van der Waals surface area contributed by atoms with Gasteiger partial charge in [-0.25, -0.2) is 4.79 Å². The first-order chi connectivity index (χ1) is 25.9. The van der Waals surface area contributed by atoms with Crippen LogP contribution in [-0.2, 0) is 38.1 Å². The molecule has 2 aromatic rings. The maximum absolute atomic E-state index is 14.4. The highest BCUT2D eigenvalue weighted by atomic mass is 16.7. The van der Waals surface area contributed by atoms with Crippen LogP contribution in [0.25, 0.3) is 17.0 Å². The normalized spacial score (nSPS) is 38.1. The maximum Gasteiger partial charge on any atom is 0.408 e. The molecular weight excluding hydrogens is 706 g/mol. The lowest BCUT2D eigenvalue weighted by Crippen LogP contribution is -2.60. The van der Waals surface area contributed by atoms with Crippen molar-refractivity contribution < 1.29 is 48.0 Å². The second-order valence-electron chi connectivity index (χ2n) is 16.4. The van der Waals surface area contributed by atoms with Crippen LogP contribution in [0.15, 0.2) is 42.6 Å². The molecule has 1 unspecified atom stereocenters. The Morgan fingerprint density at radius 3 is 2.44 bits per heavy atom. The molecule has 13 atom stereocenters. The van der Waals surface area contributed by atoms with E-state index in [0.717, 1.165) is 16.5 Å². The molecule has 3 fully saturated rings. The molecule has 3 saturated heterocycles. The number of aromatic nitrogens is 1. The van der Waals surface area contributed by atoms with Crippen molar-refractivity contribution in [1.29, 1.82) is 0 Å². The van der Waals surface area contributed by atoms with Crippen LogP contribution in [0.2, 0.25) is 0 Å². The minimum absolute atomic E-state index is 0.0612. The van der Waals surface area contributed by atoms with Crippen LogP contribution in [0, 0.1) is 23.7 Å². The van der Waals surface area contributed by atoms with E-state index in [1.165, 1.54) is 6.92 Å². The number of ketones is 2. The summed E-state index contributed by atoms with van der Waals surface area (Å²) in [6, 6.07) is 8.70. The van der Waals surface area contributed by atoms with Crippen LogP contribution < -0.4 is 5.32 Å². The highest BCUT2D eigenvalue weighted by molar-refractivity contribution is 6.00. The fourth-order valence-corrected chi connectivity index (χ4v) is 8.73. The van der Waals surface area contributed by atoms with Gasteiger partial charge < -0.3 is 39.0 Å². The molecular formula is C42H59N3O10. The summed E-state index contributed by atoms with van der Waals surface area (Å²) in [7, 11) is 3.74. The van der Waals surface area contributed by atoms with Gasteiger partial charge in [0.1, 0.15) is 23.9 Å². The minimum atomic E-state index is -1.38. The Morgan fingerprint density at radius 1 is 1.04 bits per heavy atom. The van der Waals surface area contributed by atoms with E-state index in [0.29, 0.717) is 6.42 Å². The number of fused-ring (bicyclic) bond motifs is 2. The summed E-state index contributed by atoms with van der Waals surface area (Å²) in [5.74, 6) is -5.12. The molecule has 13 heteroatoms. The summed E-state index contributed by atoms with van der Waals surface area (Å²) in [5.41, 5.74) is -1.00. The number of carbonyl (C=O) groups excluding carboxylic acids is 4. The Morgan fingerprint density at radius 2 is 1.75 bits per heavy atom. The van der Waals surface area contributed by atoms with Gasteiger partial charge in [-0.05, 0) is 78.7 Å². The first kappa shape index (κ1) is 42.4. The molecule has 13 nitrogen and oxygen atoms in total. The Hall–Kier alpha value is -3.75. The van der Waals surface area contributed by atoms with Crippen LogP contribution in [0.4, 0.5) is 4.79 Å². The molecule has 3 aliphatic heterocycles. The van der Waals surface area contributed by atoms with E-state index >= 15 is 0 Å². The fourth-order valence-electron chi connectivity index (χ4n) is 8.73. The number of nitrogens with one attached hydrogen (secondary N) is 1. The minimum Gasteiger partial charge on any atom is -0.458 e. The number of hydrogen-bond acceptors (Lipinski definition) is 12. The highest BCUT2D eigenvalue weighted by Gasteiger charge is 2.57. The fraction of sp³-hybridized carbons (Fsp3) is 0.643. The Bertz CT molecular complexity index is 1750. The number of rotatable bonds is 8. The van der Waals surface area contributed by atoms with Crippen molar-refractivity contribution in [3.05, 3.63) is 48.2 Å². The lowest BCUT2D eigenvalue weighted by molar-refractivity contribution is -0.296. The van der Waals surface area contributed by atoms with Gasteiger partial charge in [0.05, 0.1) is 36.0 Å². The highest BCUT2D eigenvalue weighted by Crippen LogP contribution is 2.40. The van der Waals surface area contributed by atoms with E-state index in [9.17, 15) is 24.3 Å². The summed E-state index contributed by atoms with van der Waals surface area (Å²) < 4.78 is 31.4. The van der Waals surface area contributed by atoms with Gasteiger partial charge in [-0.15, -0.1) is 0 Å². The van der Waals surface area contributed by atoms with Crippen LogP contribution in [0.1, 0.15) is 80.2 Å². The zero-order chi connectivity index (χ0) is 40.4. The topological polar surface area (TPSA) is 163 Å². The first-order valence-corrected chi connectivity index (χ1v) is 19.5. The zero-order valence-electron chi connectivity index (χ0n) is 33.8. The third-order valence-electron chi connectivity index (χ3n) is 11.9. The first-order valence-electron chi connectivity index (χ1n) is 19.5. The smallest absolute Gasteiger partial charge is 0.408 e. The summed E-state index contributed by atoms with van der Waals surface area (Å²) in [6.45, 7) is 13.8. The third-order valence-corrected chi connectivity index (χ3v) is 11.9. The molecule has 2 N–H and O–H groups in total. The Kier molecular flexibility index (Phi) is 13.2. The number of nitrogens with zero attached hydrogens (tertiary/aromatic N) is 2. The number of aliphatic hydroxyl groups excluding tert-OH is 1. The molecule has 1 aromatic carbocycles. The number of Topliss-reactive ketones (excluding diaryl/α,β-unsaturated/α-hetero) is 2. The van der Waals surface area contributed by atoms with Gasteiger partial charge >= 0.3 is 12.1 Å². The largest absolute Gasteiger partial charge is 0.458 e. The Balaban J connectivity index is 1.56. The molecule has 1 amide bonds. The molecule has 5 rings (SSSR count). The van der Waals surface area contributed by atoms with Crippen molar-refractivity contribution in [3.63, 3.8) is 0 Å². The van der Waals surface area contributed by atoms with Crippen LogP contribution in [0.3, 0.4) is 0 Å². The van der Waals surface area contributed by atoms with E-state index < -0.39 is 83.4 Å². The third kappa shape index (κ3) is 8.96. The van der Waals surface area contributed by atoms with Crippen LogP contribution in [-0.4, -0.2) is 113 Å². The number of cyclic esters (lactones) is 1. The van der Waals surface area contributed by atoms with E-state index in [4.69, 9.17) is 23.7 Å². The molecule has 0 radical (unpaired) electrons. The van der Waals surface area contributed by atoms with E-state index in [1.54, 1.807) is 47.7 Å². The van der Waals surface area contributed by atoms with Gasteiger partial charge in [0.25, 0.3) is 0 Å². The van der Waals surface area contributed by atoms with Crippen LogP contribution in [0.5, 0.6) is 0 Å². The average molecular weight is 766 g/mol. The number of benzene rings is 1. The van der Waals surface area contributed by atoms with Gasteiger partial charge in [-0.1, -0.05) is 58.0 Å². The van der Waals surface area contributed by atoms with E-state index in [1.807, 2.05) is 68.4 Å². The number of alkyl carbamates (subject to hydrolysis) is 1. The predicted molar refractivity (Wildman–Crippen MR) is 206 cm³/mol. The lowest BCUT2D eigenvalue weighted by atomic mass is 9.73. The van der Waals surface area contributed by atoms with Crippen molar-refractivity contribution in [2.45, 2.75) is 129 Å². The number of hydrogen-bond donors (Lipinski definition) is 2. The number of likely N-dealkylation sites (N-methyl/N-ethyl adjacent to an activating group) is 1. The molecule has 0 bridgehead atoms. The van der Waals surface area contributed by atoms with E-state index in [2.05, 4.69) is 10.3 Å². The molecule has 3 aliphatic rings. The second-order valence-corrected chi connectivity index (χ2v) is 16.4. The van der Waals surface area contributed by atoms with Gasteiger partial charge in [0, 0.05) is 35.4 Å². The summed E-state index contributed by atoms with van der Waals surface area (Å²) >= 11 is 0. The molecule has 0 spiro atoms. The molecule has 302 valence electrons. The van der Waals surface area contributed by atoms with Gasteiger partial charge in [-0.3, -0.25) is 19.4 Å². The lowest BCUT2D eigenvalue weighted by Gasteiger charge is -2.47. The van der Waals surface area contributed by atoms with Gasteiger partial charge in [-0.2, -0.15) is 0 Å². The SMILES string of the molecule is CC[C@H]1OC(=O)[C@H](C)C(=O)[C@H](C)[C@@H](OC2O[C@H](C)C[C@H](N(C)C)[C@H]2O)[C@](C)(OC/C=C/c2cnc3ccccc3c2)C[C@H](C)C(=O)[C@H](C)[C@H]2NC(=O)O[C@@]21C. The number of esters is 1. The summed E-state index contributed by atoms with van der Waals surface area (Å²) in [4.78, 5) is 61.8. The van der Waals surface area contributed by atoms with Crippen molar-refractivity contribution in [2.24, 2.45) is 23.7 Å².